The van der Waals surface area contributed by atoms with Crippen LogP contribution >= 0.6 is 0 Å². The lowest BCUT2D eigenvalue weighted by Gasteiger charge is -2.07. The Hall–Kier alpha value is -3.29. The van der Waals surface area contributed by atoms with E-state index in [1.54, 1.807) is 24.4 Å². The second kappa shape index (κ2) is 5.00. The van der Waals surface area contributed by atoms with Crippen molar-refractivity contribution in [1.29, 1.82) is 0 Å². The van der Waals surface area contributed by atoms with E-state index < -0.39 is 4.92 Å². The monoisotopic (exact) mass is 283 g/mol. The molecule has 0 unspecified atom stereocenters. The topological polar surface area (TPSA) is 117 Å². The van der Waals surface area contributed by atoms with Crippen LogP contribution in [0.5, 0.6) is 11.6 Å². The molecule has 0 fully saturated rings. The van der Waals surface area contributed by atoms with E-state index in [2.05, 4.69) is 15.0 Å². The lowest BCUT2D eigenvalue weighted by Crippen LogP contribution is -2.01. The average molecular weight is 283 g/mol. The minimum absolute atomic E-state index is 0.108. The molecule has 0 aliphatic rings. The van der Waals surface area contributed by atoms with Gasteiger partial charge in [-0.05, 0) is 12.1 Å². The van der Waals surface area contributed by atoms with E-state index >= 15 is 0 Å². The van der Waals surface area contributed by atoms with Crippen molar-refractivity contribution in [2.45, 2.75) is 0 Å². The predicted octanol–water partition coefficient (Wildman–Crippen LogP) is 2.31. The molecule has 0 radical (unpaired) electrons. The zero-order valence-electron chi connectivity index (χ0n) is 10.6. The SMILES string of the molecule is Nc1ncc([N+](=O)[O-])c(Oc2cccc3cccnc23)n1. The Balaban J connectivity index is 2.11. The van der Waals surface area contributed by atoms with Crippen molar-refractivity contribution < 1.29 is 9.66 Å². The lowest BCUT2D eigenvalue weighted by molar-refractivity contribution is -0.386. The molecule has 0 atom stereocenters. The van der Waals surface area contributed by atoms with Crippen molar-refractivity contribution in [1.82, 2.24) is 15.0 Å². The highest BCUT2D eigenvalue weighted by molar-refractivity contribution is 5.84. The van der Waals surface area contributed by atoms with E-state index in [1.807, 2.05) is 12.1 Å². The molecule has 1 aromatic carbocycles. The number of rotatable bonds is 3. The van der Waals surface area contributed by atoms with Crippen LogP contribution in [-0.4, -0.2) is 19.9 Å². The van der Waals surface area contributed by atoms with Crippen molar-refractivity contribution in [3.63, 3.8) is 0 Å². The van der Waals surface area contributed by atoms with Gasteiger partial charge in [-0.25, -0.2) is 4.98 Å². The number of nitrogens with two attached hydrogens (primary N) is 1. The van der Waals surface area contributed by atoms with Gasteiger partial charge in [-0.2, -0.15) is 4.98 Å². The minimum atomic E-state index is -0.632. The number of anilines is 1. The summed E-state index contributed by atoms with van der Waals surface area (Å²) in [6, 6.07) is 8.92. The largest absolute Gasteiger partial charge is 0.431 e. The summed E-state index contributed by atoms with van der Waals surface area (Å²) in [5.41, 5.74) is 5.67. The van der Waals surface area contributed by atoms with Gasteiger partial charge in [0.2, 0.25) is 5.95 Å². The Bertz CT molecular complexity index is 832. The number of aromatic nitrogens is 3. The van der Waals surface area contributed by atoms with Crippen LogP contribution in [0.1, 0.15) is 0 Å². The van der Waals surface area contributed by atoms with Crippen LogP contribution in [0.3, 0.4) is 0 Å². The number of hydrogen-bond acceptors (Lipinski definition) is 7. The normalized spacial score (nSPS) is 10.5. The maximum Gasteiger partial charge on any atom is 0.349 e. The third-order valence-corrected chi connectivity index (χ3v) is 2.75. The van der Waals surface area contributed by atoms with Crippen molar-refractivity contribution in [3.8, 4) is 11.6 Å². The number of ether oxygens (including phenoxy) is 1. The van der Waals surface area contributed by atoms with Gasteiger partial charge in [0.1, 0.15) is 11.7 Å². The van der Waals surface area contributed by atoms with E-state index in [-0.39, 0.29) is 17.5 Å². The van der Waals surface area contributed by atoms with E-state index in [0.29, 0.717) is 11.3 Å². The number of nitrogen functional groups attached to an aromatic ring is 1. The van der Waals surface area contributed by atoms with Gasteiger partial charge in [0.25, 0.3) is 0 Å². The minimum Gasteiger partial charge on any atom is -0.431 e. The predicted molar refractivity (Wildman–Crippen MR) is 74.9 cm³/mol. The maximum atomic E-state index is 11.0. The number of hydrogen-bond donors (Lipinski definition) is 1. The van der Waals surface area contributed by atoms with Crippen molar-refractivity contribution in [2.24, 2.45) is 0 Å². The molecule has 8 heteroatoms. The Morgan fingerprint density at radius 1 is 1.19 bits per heavy atom. The molecule has 0 aliphatic carbocycles. The van der Waals surface area contributed by atoms with Crippen LogP contribution < -0.4 is 10.5 Å². The van der Waals surface area contributed by atoms with Crippen molar-refractivity contribution >= 4 is 22.5 Å². The van der Waals surface area contributed by atoms with Gasteiger partial charge in [0.15, 0.2) is 5.75 Å². The number of benzene rings is 1. The number of pyridine rings is 1. The molecule has 0 amide bonds. The number of fused-ring (bicyclic) bond motifs is 1. The first-order valence-electron chi connectivity index (χ1n) is 5.93. The standard InChI is InChI=1S/C13H9N5O3/c14-13-16-7-9(18(19)20)12(17-13)21-10-5-1-3-8-4-2-6-15-11(8)10/h1-7H,(H2,14,16,17). The fourth-order valence-corrected chi connectivity index (χ4v) is 1.84. The van der Waals surface area contributed by atoms with Gasteiger partial charge in [-0.15, -0.1) is 0 Å². The smallest absolute Gasteiger partial charge is 0.349 e. The van der Waals surface area contributed by atoms with Crippen molar-refractivity contribution in [2.75, 3.05) is 5.73 Å². The molecule has 0 saturated heterocycles. The summed E-state index contributed by atoms with van der Waals surface area (Å²) < 4.78 is 5.53. The third kappa shape index (κ3) is 2.41. The summed E-state index contributed by atoms with van der Waals surface area (Å²) >= 11 is 0. The molecule has 3 rings (SSSR count). The molecule has 2 aromatic heterocycles. The Kier molecular flexibility index (Phi) is 3.03. The summed E-state index contributed by atoms with van der Waals surface area (Å²) in [4.78, 5) is 21.9. The Morgan fingerprint density at radius 3 is 2.81 bits per heavy atom. The highest BCUT2D eigenvalue weighted by Gasteiger charge is 2.20. The van der Waals surface area contributed by atoms with Crippen LogP contribution in [0.2, 0.25) is 0 Å². The van der Waals surface area contributed by atoms with Gasteiger partial charge >= 0.3 is 11.6 Å². The van der Waals surface area contributed by atoms with Crippen LogP contribution in [-0.2, 0) is 0 Å². The first-order valence-corrected chi connectivity index (χ1v) is 5.93. The highest BCUT2D eigenvalue weighted by atomic mass is 16.6. The lowest BCUT2D eigenvalue weighted by atomic mass is 10.2. The van der Waals surface area contributed by atoms with Gasteiger partial charge in [0, 0.05) is 11.6 Å². The third-order valence-electron chi connectivity index (χ3n) is 2.75. The van der Waals surface area contributed by atoms with Gasteiger partial charge < -0.3 is 10.5 Å². The van der Waals surface area contributed by atoms with Gasteiger partial charge in [-0.1, -0.05) is 18.2 Å². The zero-order valence-corrected chi connectivity index (χ0v) is 10.6. The molecule has 2 heterocycles. The maximum absolute atomic E-state index is 11.0. The number of nitro groups is 1. The first kappa shape index (κ1) is 12.7. The molecule has 21 heavy (non-hydrogen) atoms. The Morgan fingerprint density at radius 2 is 2.00 bits per heavy atom. The van der Waals surface area contributed by atoms with Crippen LogP contribution in [0.15, 0.2) is 42.7 Å². The molecule has 0 bridgehead atoms. The van der Waals surface area contributed by atoms with E-state index in [4.69, 9.17) is 10.5 Å². The summed E-state index contributed by atoms with van der Waals surface area (Å²) in [6.07, 6.45) is 2.62. The molecular weight excluding hydrogens is 274 g/mol. The van der Waals surface area contributed by atoms with Gasteiger partial charge in [0.05, 0.1) is 4.92 Å². The first-order chi connectivity index (χ1) is 10.1. The fraction of sp³-hybridized carbons (Fsp3) is 0. The quantitative estimate of drug-likeness (QED) is 0.578. The molecule has 0 saturated carbocycles. The zero-order chi connectivity index (χ0) is 14.8. The van der Waals surface area contributed by atoms with E-state index in [1.165, 1.54) is 0 Å². The second-order valence-corrected chi connectivity index (χ2v) is 4.11. The van der Waals surface area contributed by atoms with E-state index in [0.717, 1.165) is 11.6 Å². The Labute approximate surface area is 118 Å². The fourth-order valence-electron chi connectivity index (χ4n) is 1.84. The second-order valence-electron chi connectivity index (χ2n) is 4.11. The van der Waals surface area contributed by atoms with Gasteiger partial charge in [-0.3, -0.25) is 15.1 Å². The van der Waals surface area contributed by atoms with Crippen LogP contribution in [0, 0.1) is 10.1 Å². The van der Waals surface area contributed by atoms with E-state index in [9.17, 15) is 10.1 Å². The summed E-state index contributed by atoms with van der Waals surface area (Å²) in [6.45, 7) is 0. The molecule has 104 valence electrons. The number of nitrogens with zero attached hydrogens (tertiary/aromatic N) is 4. The van der Waals surface area contributed by atoms with Crippen molar-refractivity contribution in [3.05, 3.63) is 52.8 Å². The molecule has 0 spiro atoms. The molecule has 3 aromatic rings. The molecular formula is C13H9N5O3. The van der Waals surface area contributed by atoms with Crippen LogP contribution in [0.25, 0.3) is 10.9 Å². The molecule has 2 N–H and O–H groups in total. The average Bonchev–Trinajstić information content (AvgIpc) is 2.47. The van der Waals surface area contributed by atoms with Crippen LogP contribution in [0.4, 0.5) is 11.6 Å². The highest BCUT2D eigenvalue weighted by Crippen LogP contribution is 2.32. The molecule has 0 aliphatic heterocycles. The molecule has 8 nitrogen and oxygen atoms in total. The summed E-state index contributed by atoms with van der Waals surface area (Å²) in [5.74, 6) is 0.0312. The number of para-hydroxylation sites is 1. The summed E-state index contributed by atoms with van der Waals surface area (Å²) in [5, 5.41) is 11.8. The summed E-state index contributed by atoms with van der Waals surface area (Å²) in [7, 11) is 0.